The second-order valence-electron chi connectivity index (χ2n) is 4.75. The summed E-state index contributed by atoms with van der Waals surface area (Å²) in [6.45, 7) is 5.30. The fourth-order valence-electron chi connectivity index (χ4n) is 1.85. The van der Waals surface area contributed by atoms with Gasteiger partial charge in [0.1, 0.15) is 0 Å². The molecule has 0 N–H and O–H groups in total. The van der Waals surface area contributed by atoms with Crippen molar-refractivity contribution in [3.63, 3.8) is 0 Å². The molecule has 6 nitrogen and oxygen atoms in total. The first kappa shape index (κ1) is 15.2. The van der Waals surface area contributed by atoms with Crippen molar-refractivity contribution in [1.29, 1.82) is 0 Å². The lowest BCUT2D eigenvalue weighted by Crippen LogP contribution is -2.30. The number of esters is 1. The van der Waals surface area contributed by atoms with Gasteiger partial charge in [0.25, 0.3) is 0 Å². The summed E-state index contributed by atoms with van der Waals surface area (Å²) in [4.78, 5) is 13.2. The van der Waals surface area contributed by atoms with Crippen LogP contribution in [0.4, 0.5) is 0 Å². The Morgan fingerprint density at radius 1 is 1.29 bits per heavy atom. The third-order valence-corrected chi connectivity index (χ3v) is 3.15. The van der Waals surface area contributed by atoms with Crippen LogP contribution < -0.4 is 0 Å². The molecule has 21 heavy (non-hydrogen) atoms. The summed E-state index contributed by atoms with van der Waals surface area (Å²) in [7, 11) is 1.37. The Morgan fingerprint density at radius 2 is 2.00 bits per heavy atom. The van der Waals surface area contributed by atoms with Gasteiger partial charge in [-0.3, -0.25) is 9.69 Å². The van der Waals surface area contributed by atoms with Crippen LogP contribution in [-0.4, -0.2) is 41.3 Å². The maximum absolute atomic E-state index is 11.3. The van der Waals surface area contributed by atoms with E-state index in [1.54, 1.807) is 0 Å². The molecule has 0 radical (unpaired) electrons. The quantitative estimate of drug-likeness (QED) is 0.758. The van der Waals surface area contributed by atoms with Crippen molar-refractivity contribution in [2.75, 3.05) is 20.2 Å². The minimum absolute atomic E-state index is 0.204. The Morgan fingerprint density at radius 3 is 2.62 bits per heavy atom. The molecule has 0 amide bonds. The van der Waals surface area contributed by atoms with E-state index in [2.05, 4.69) is 14.9 Å². The molecule has 112 valence electrons. The van der Waals surface area contributed by atoms with Crippen LogP contribution in [0.3, 0.4) is 0 Å². The van der Waals surface area contributed by atoms with Gasteiger partial charge >= 0.3 is 5.97 Å². The van der Waals surface area contributed by atoms with Crippen LogP contribution in [0.15, 0.2) is 28.7 Å². The summed E-state index contributed by atoms with van der Waals surface area (Å²) >= 11 is 0. The minimum atomic E-state index is -0.282. The topological polar surface area (TPSA) is 68.5 Å². The highest BCUT2D eigenvalue weighted by Crippen LogP contribution is 2.18. The number of hydrogen-bond acceptors (Lipinski definition) is 6. The van der Waals surface area contributed by atoms with Gasteiger partial charge in [-0.2, -0.15) is 0 Å². The van der Waals surface area contributed by atoms with Crippen LogP contribution in [0.5, 0.6) is 0 Å². The largest absolute Gasteiger partial charge is 0.468 e. The summed E-state index contributed by atoms with van der Waals surface area (Å²) in [6.07, 6.45) is 0. The number of methoxy groups -OCH3 is 1. The number of ether oxygens (including phenoxy) is 1. The van der Waals surface area contributed by atoms with Gasteiger partial charge in [0.15, 0.2) is 0 Å². The molecule has 0 saturated carbocycles. The minimum Gasteiger partial charge on any atom is -0.468 e. The predicted molar refractivity (Wildman–Crippen MR) is 77.4 cm³/mol. The smallest absolute Gasteiger partial charge is 0.319 e. The van der Waals surface area contributed by atoms with Crippen molar-refractivity contribution < 1.29 is 13.9 Å². The van der Waals surface area contributed by atoms with E-state index in [0.29, 0.717) is 24.9 Å². The molecule has 0 saturated heterocycles. The Balaban J connectivity index is 2.05. The SMILES string of the molecule is CCN(CC(=O)OC)Cc1nnc(-c2ccc(C)cc2)o1. The molecular weight excluding hydrogens is 270 g/mol. The monoisotopic (exact) mass is 289 g/mol. The van der Waals surface area contributed by atoms with Crippen LogP contribution in [0, 0.1) is 6.92 Å². The molecule has 2 aromatic rings. The summed E-state index contributed by atoms with van der Waals surface area (Å²) in [5.74, 6) is 0.686. The number of benzene rings is 1. The third-order valence-electron chi connectivity index (χ3n) is 3.15. The maximum atomic E-state index is 11.3. The van der Waals surface area contributed by atoms with Gasteiger partial charge in [-0.1, -0.05) is 24.6 Å². The highest BCUT2D eigenvalue weighted by molar-refractivity contribution is 5.71. The molecule has 0 bridgehead atoms. The summed E-state index contributed by atoms with van der Waals surface area (Å²) < 4.78 is 10.3. The van der Waals surface area contributed by atoms with Crippen molar-refractivity contribution in [2.24, 2.45) is 0 Å². The van der Waals surface area contributed by atoms with Gasteiger partial charge < -0.3 is 9.15 Å². The van der Waals surface area contributed by atoms with Crippen molar-refractivity contribution in [3.8, 4) is 11.5 Å². The van der Waals surface area contributed by atoms with E-state index >= 15 is 0 Å². The molecular formula is C15H19N3O3. The average molecular weight is 289 g/mol. The lowest BCUT2D eigenvalue weighted by molar-refractivity contribution is -0.142. The van der Waals surface area contributed by atoms with Gasteiger partial charge in [-0.15, -0.1) is 10.2 Å². The zero-order valence-corrected chi connectivity index (χ0v) is 12.5. The van der Waals surface area contributed by atoms with Gasteiger partial charge in [0, 0.05) is 5.56 Å². The lowest BCUT2D eigenvalue weighted by atomic mass is 10.1. The number of carbonyl (C=O) groups is 1. The molecule has 0 aliphatic rings. The Labute approximate surface area is 123 Å². The molecule has 0 atom stereocenters. The first-order chi connectivity index (χ1) is 10.1. The number of aryl methyl sites for hydroxylation is 1. The van der Waals surface area contributed by atoms with Gasteiger partial charge in [-0.25, -0.2) is 0 Å². The van der Waals surface area contributed by atoms with E-state index in [4.69, 9.17) is 4.42 Å². The first-order valence-corrected chi connectivity index (χ1v) is 6.81. The molecule has 1 heterocycles. The highest BCUT2D eigenvalue weighted by Gasteiger charge is 2.14. The van der Waals surface area contributed by atoms with E-state index in [1.165, 1.54) is 12.7 Å². The van der Waals surface area contributed by atoms with E-state index in [1.807, 2.05) is 43.0 Å². The van der Waals surface area contributed by atoms with Gasteiger partial charge in [0.05, 0.1) is 20.2 Å². The zero-order chi connectivity index (χ0) is 15.2. The molecule has 1 aromatic heterocycles. The number of rotatable bonds is 6. The normalized spacial score (nSPS) is 10.9. The van der Waals surface area contributed by atoms with Crippen molar-refractivity contribution in [1.82, 2.24) is 15.1 Å². The number of hydrogen-bond donors (Lipinski definition) is 0. The molecule has 0 spiro atoms. The lowest BCUT2D eigenvalue weighted by Gasteiger charge is -2.16. The highest BCUT2D eigenvalue weighted by atomic mass is 16.5. The number of nitrogens with zero attached hydrogens (tertiary/aromatic N) is 3. The zero-order valence-electron chi connectivity index (χ0n) is 12.5. The third kappa shape index (κ3) is 4.13. The molecule has 1 aromatic carbocycles. The molecule has 0 aliphatic carbocycles. The predicted octanol–water partition coefficient (Wildman–Crippen LogP) is 2.04. The molecule has 0 aliphatic heterocycles. The second kappa shape index (κ2) is 6.99. The molecule has 2 rings (SSSR count). The van der Waals surface area contributed by atoms with Gasteiger partial charge in [0.2, 0.25) is 11.8 Å². The second-order valence-corrected chi connectivity index (χ2v) is 4.75. The standard InChI is InChI=1S/C15H19N3O3/c1-4-18(10-14(19)20-3)9-13-16-17-15(21-13)12-7-5-11(2)6-8-12/h5-8H,4,9-10H2,1-3H3. The first-order valence-electron chi connectivity index (χ1n) is 6.81. The van der Waals surface area contributed by atoms with E-state index in [9.17, 15) is 4.79 Å². The summed E-state index contributed by atoms with van der Waals surface area (Å²) in [5, 5.41) is 8.07. The molecule has 0 fully saturated rings. The van der Waals surface area contributed by atoms with Crippen LogP contribution in [0.1, 0.15) is 18.4 Å². The number of aromatic nitrogens is 2. The van der Waals surface area contributed by atoms with Crippen molar-refractivity contribution in [2.45, 2.75) is 20.4 Å². The maximum Gasteiger partial charge on any atom is 0.319 e. The van der Waals surface area contributed by atoms with E-state index < -0.39 is 0 Å². The van der Waals surface area contributed by atoms with E-state index in [0.717, 1.165) is 5.56 Å². The number of likely N-dealkylation sites (N-methyl/N-ethyl adjacent to an activating group) is 1. The van der Waals surface area contributed by atoms with E-state index in [-0.39, 0.29) is 12.5 Å². The van der Waals surface area contributed by atoms with Crippen LogP contribution in [-0.2, 0) is 16.1 Å². The van der Waals surface area contributed by atoms with Gasteiger partial charge in [-0.05, 0) is 25.6 Å². The fourth-order valence-corrected chi connectivity index (χ4v) is 1.85. The Kier molecular flexibility index (Phi) is 5.05. The average Bonchev–Trinajstić information content (AvgIpc) is 2.95. The van der Waals surface area contributed by atoms with Crippen molar-refractivity contribution in [3.05, 3.63) is 35.7 Å². The Hall–Kier alpha value is -2.21. The fraction of sp³-hybridized carbons (Fsp3) is 0.400. The van der Waals surface area contributed by atoms with Crippen LogP contribution in [0.25, 0.3) is 11.5 Å². The van der Waals surface area contributed by atoms with Crippen LogP contribution >= 0.6 is 0 Å². The Bertz CT molecular complexity index is 592. The molecule has 0 unspecified atom stereocenters. The number of carbonyl (C=O) groups excluding carboxylic acids is 1. The molecule has 6 heteroatoms. The summed E-state index contributed by atoms with van der Waals surface area (Å²) in [5.41, 5.74) is 2.06. The summed E-state index contributed by atoms with van der Waals surface area (Å²) in [6, 6.07) is 7.88. The van der Waals surface area contributed by atoms with Crippen molar-refractivity contribution >= 4 is 5.97 Å². The van der Waals surface area contributed by atoms with Crippen LogP contribution in [0.2, 0.25) is 0 Å².